The zero-order valence-electron chi connectivity index (χ0n) is 29.0. The van der Waals surface area contributed by atoms with Crippen LogP contribution in [-0.4, -0.2) is 91.3 Å². The molecule has 270 valence electrons. The van der Waals surface area contributed by atoms with Gasteiger partial charge >= 0.3 is 0 Å². The summed E-state index contributed by atoms with van der Waals surface area (Å²) in [4.78, 5) is 0. The molecule has 0 aromatic heterocycles. The third-order valence-corrected chi connectivity index (χ3v) is 9.25. The maximum absolute atomic E-state index is 11.9. The van der Waals surface area contributed by atoms with Gasteiger partial charge in [-0.1, -0.05) is 91.0 Å². The molecule has 10 atom stereocenters. The lowest BCUT2D eigenvalue weighted by atomic mass is 9.97. The zero-order chi connectivity index (χ0) is 34.7. The van der Waals surface area contributed by atoms with Crippen molar-refractivity contribution in [3.8, 4) is 0 Å². The minimum absolute atomic E-state index is 0.0217. The number of hydrogen-bond acceptors (Lipinski definition) is 11. The second-order valence-corrected chi connectivity index (χ2v) is 14.1. The molecule has 3 aromatic rings. The van der Waals surface area contributed by atoms with E-state index in [0.29, 0.717) is 13.2 Å². The molecule has 50 heavy (non-hydrogen) atoms. The topological polar surface area (TPSA) is 113 Å². The number of ether oxygens (including phenoxy) is 10. The van der Waals surface area contributed by atoms with Crippen LogP contribution in [0.15, 0.2) is 91.0 Å². The van der Waals surface area contributed by atoms with Gasteiger partial charge in [-0.3, -0.25) is 0 Å². The molecule has 0 unspecified atom stereocenters. The molecule has 4 fully saturated rings. The van der Waals surface area contributed by atoms with E-state index in [1.54, 1.807) is 0 Å². The summed E-state index contributed by atoms with van der Waals surface area (Å²) in [6.45, 7) is 8.52. The van der Waals surface area contributed by atoms with Crippen molar-refractivity contribution in [2.24, 2.45) is 0 Å². The average molecular weight is 693 g/mol. The van der Waals surface area contributed by atoms with Gasteiger partial charge in [0.05, 0.1) is 33.0 Å². The van der Waals surface area contributed by atoms with Crippen LogP contribution in [0.4, 0.5) is 0 Å². The summed E-state index contributed by atoms with van der Waals surface area (Å²) in [6.07, 6.45) is -7.11. The molecule has 0 radical (unpaired) electrons. The van der Waals surface area contributed by atoms with Gasteiger partial charge in [0.2, 0.25) is 0 Å². The van der Waals surface area contributed by atoms with Crippen LogP contribution < -0.4 is 0 Å². The maximum atomic E-state index is 11.9. The van der Waals surface area contributed by atoms with Gasteiger partial charge in [-0.25, -0.2) is 0 Å². The summed E-state index contributed by atoms with van der Waals surface area (Å²) in [7, 11) is 0. The number of rotatable bonds is 13. The summed E-state index contributed by atoms with van der Waals surface area (Å²) in [6, 6.07) is 29.6. The fraction of sp³-hybridized carbons (Fsp3) is 0.538. The highest BCUT2D eigenvalue weighted by atomic mass is 16.9. The first-order valence-corrected chi connectivity index (χ1v) is 17.4. The molecular weight excluding hydrogens is 644 g/mol. The van der Waals surface area contributed by atoms with Crippen LogP contribution in [0.3, 0.4) is 0 Å². The van der Waals surface area contributed by atoms with E-state index in [4.69, 9.17) is 47.4 Å². The quantitative estimate of drug-likeness (QED) is 0.265. The van der Waals surface area contributed by atoms with Crippen LogP contribution in [0.2, 0.25) is 0 Å². The lowest BCUT2D eigenvalue weighted by molar-refractivity contribution is -0.329. The highest BCUT2D eigenvalue weighted by Crippen LogP contribution is 2.44. The third kappa shape index (κ3) is 8.46. The van der Waals surface area contributed by atoms with Crippen molar-refractivity contribution in [1.29, 1.82) is 0 Å². The van der Waals surface area contributed by atoms with Gasteiger partial charge in [0.1, 0.15) is 48.8 Å². The second kappa shape index (κ2) is 15.4. The fourth-order valence-electron chi connectivity index (χ4n) is 6.98. The molecule has 11 nitrogen and oxygen atoms in total. The van der Waals surface area contributed by atoms with Crippen LogP contribution in [0.1, 0.15) is 44.4 Å². The first kappa shape index (κ1) is 35.6. The van der Waals surface area contributed by atoms with E-state index < -0.39 is 73.0 Å². The van der Waals surface area contributed by atoms with Crippen LogP contribution in [0.25, 0.3) is 0 Å². The average Bonchev–Trinajstić information content (AvgIpc) is 3.61. The van der Waals surface area contributed by atoms with Crippen molar-refractivity contribution in [2.45, 2.75) is 121 Å². The Morgan fingerprint density at radius 1 is 0.540 bits per heavy atom. The minimum Gasteiger partial charge on any atom is -0.385 e. The van der Waals surface area contributed by atoms with Crippen LogP contribution in [0.5, 0.6) is 0 Å². The molecule has 4 heterocycles. The number of aliphatic hydroxyl groups excluding tert-OH is 1. The predicted molar refractivity (Wildman–Crippen MR) is 179 cm³/mol. The Balaban J connectivity index is 1.10. The summed E-state index contributed by atoms with van der Waals surface area (Å²) < 4.78 is 63.2. The first-order chi connectivity index (χ1) is 24.1. The Bertz CT molecular complexity index is 1490. The van der Waals surface area contributed by atoms with E-state index in [2.05, 4.69) is 0 Å². The van der Waals surface area contributed by atoms with E-state index in [1.807, 2.05) is 119 Å². The first-order valence-electron chi connectivity index (χ1n) is 17.4. The van der Waals surface area contributed by atoms with E-state index >= 15 is 0 Å². The molecule has 4 saturated heterocycles. The Hall–Kier alpha value is -2.78. The molecule has 0 saturated carbocycles. The molecule has 0 bridgehead atoms. The summed E-state index contributed by atoms with van der Waals surface area (Å²) in [5.41, 5.74) is 2.97. The largest absolute Gasteiger partial charge is 0.385 e. The number of aliphatic hydroxyl groups is 1. The Labute approximate surface area is 293 Å². The third-order valence-electron chi connectivity index (χ3n) is 9.25. The van der Waals surface area contributed by atoms with Crippen molar-refractivity contribution < 1.29 is 52.5 Å². The van der Waals surface area contributed by atoms with Crippen LogP contribution in [-0.2, 0) is 67.2 Å². The molecule has 4 aliphatic heterocycles. The monoisotopic (exact) mass is 692 g/mol. The summed E-state index contributed by atoms with van der Waals surface area (Å²) >= 11 is 0. The highest BCUT2D eigenvalue weighted by molar-refractivity contribution is 5.15. The van der Waals surface area contributed by atoms with Crippen molar-refractivity contribution >= 4 is 0 Å². The highest BCUT2D eigenvalue weighted by Gasteiger charge is 2.61. The van der Waals surface area contributed by atoms with Gasteiger partial charge in [-0.2, -0.15) is 0 Å². The van der Waals surface area contributed by atoms with E-state index in [9.17, 15) is 5.11 Å². The van der Waals surface area contributed by atoms with Gasteiger partial charge in [0.25, 0.3) is 0 Å². The van der Waals surface area contributed by atoms with Gasteiger partial charge in [-0.05, 0) is 44.4 Å². The number of benzene rings is 3. The smallest absolute Gasteiger partial charge is 0.190 e. The lowest BCUT2D eigenvalue weighted by Crippen LogP contribution is -2.62. The Morgan fingerprint density at radius 3 is 1.68 bits per heavy atom. The maximum Gasteiger partial charge on any atom is 0.190 e. The summed E-state index contributed by atoms with van der Waals surface area (Å²) in [5.74, 6) is -1.71. The fourth-order valence-corrected chi connectivity index (χ4v) is 6.98. The normalized spacial score (nSPS) is 34.3. The van der Waals surface area contributed by atoms with Gasteiger partial charge in [-0.15, -0.1) is 0 Å². The van der Waals surface area contributed by atoms with Crippen molar-refractivity contribution in [3.05, 3.63) is 108 Å². The lowest BCUT2D eigenvalue weighted by Gasteiger charge is -2.45. The molecule has 0 amide bonds. The van der Waals surface area contributed by atoms with E-state index in [1.165, 1.54) is 0 Å². The van der Waals surface area contributed by atoms with Crippen LogP contribution >= 0.6 is 0 Å². The van der Waals surface area contributed by atoms with Gasteiger partial charge in [0.15, 0.2) is 24.2 Å². The molecule has 7 rings (SSSR count). The standard InChI is InChI=1S/C39H48O11/c1-38(2)47-32-29(46-37-35(34(32)48-38)49-39(3,4)50-37)24-44-36-30(40)33(43-22-27-18-12-7-13-19-27)31(42-21-26-16-10-6-11-17-26)28(45-36)23-41-20-25-14-8-5-9-15-25/h5-19,28-37,40H,20-24H2,1-4H3/t28-,29-,30-,31-,32+,33-,34+,35-,36-,37-/m1/s1. The number of fused-ring (bicyclic) bond motifs is 3. The molecule has 0 aliphatic carbocycles. The summed E-state index contributed by atoms with van der Waals surface area (Å²) in [5, 5.41) is 11.9. The van der Waals surface area contributed by atoms with Crippen molar-refractivity contribution in [1.82, 2.24) is 0 Å². The molecule has 1 N–H and O–H groups in total. The Morgan fingerprint density at radius 2 is 1.06 bits per heavy atom. The second-order valence-electron chi connectivity index (χ2n) is 14.1. The SMILES string of the molecule is CC1(C)O[C@H]2[C@@H](O1)[C@@H](CO[C@@H]1O[C@H](COCc3ccccc3)[C@@H](OCc3ccccc3)[C@H](OCc3ccccc3)[C@H]1O)O[C@@H]1OC(C)(C)O[C@@H]12. The van der Waals surface area contributed by atoms with Crippen LogP contribution in [0, 0.1) is 0 Å². The molecule has 4 aliphatic rings. The van der Waals surface area contributed by atoms with E-state index in [-0.39, 0.29) is 19.8 Å². The van der Waals surface area contributed by atoms with Gasteiger partial charge in [0, 0.05) is 0 Å². The minimum atomic E-state index is -1.21. The van der Waals surface area contributed by atoms with Crippen molar-refractivity contribution in [3.63, 3.8) is 0 Å². The Kier molecular flexibility index (Phi) is 11.0. The zero-order valence-corrected chi connectivity index (χ0v) is 29.0. The van der Waals surface area contributed by atoms with E-state index in [0.717, 1.165) is 16.7 Å². The molecular formula is C39H48O11. The number of hydrogen-bond donors (Lipinski definition) is 1. The van der Waals surface area contributed by atoms with Gasteiger partial charge < -0.3 is 52.5 Å². The molecule has 0 spiro atoms. The van der Waals surface area contributed by atoms with Crippen molar-refractivity contribution in [2.75, 3.05) is 13.2 Å². The molecule has 3 aromatic carbocycles. The molecule has 11 heteroatoms. The predicted octanol–water partition coefficient (Wildman–Crippen LogP) is 4.87.